The quantitative estimate of drug-likeness (QED) is 0.764. The number of anilines is 1. The van der Waals surface area contributed by atoms with Gasteiger partial charge in [-0.1, -0.05) is 12.1 Å². The lowest BCUT2D eigenvalue weighted by molar-refractivity contribution is -0.136. The van der Waals surface area contributed by atoms with Gasteiger partial charge in [-0.2, -0.15) is 0 Å². The second-order valence-electron chi connectivity index (χ2n) is 5.32. The highest BCUT2D eigenvalue weighted by Gasteiger charge is 2.23. The van der Waals surface area contributed by atoms with Gasteiger partial charge in [-0.25, -0.2) is 8.42 Å². The number of hydrogen-bond donors (Lipinski definition) is 2. The molecule has 2 rings (SSSR count). The van der Waals surface area contributed by atoms with Gasteiger partial charge in [0.2, 0.25) is 10.0 Å². The molecule has 0 heterocycles. The Kier molecular flexibility index (Phi) is 4.72. The van der Waals surface area contributed by atoms with Gasteiger partial charge in [0, 0.05) is 6.42 Å². The van der Waals surface area contributed by atoms with Crippen LogP contribution in [0, 0.1) is 5.92 Å². The van der Waals surface area contributed by atoms with Crippen molar-refractivity contribution in [1.29, 1.82) is 0 Å². The number of aryl methyl sites for hydroxylation is 1. The lowest BCUT2D eigenvalue weighted by Crippen LogP contribution is -2.13. The summed E-state index contributed by atoms with van der Waals surface area (Å²) in [6, 6.07) is 5.07. The first-order valence-corrected chi connectivity index (χ1v) is 8.68. The molecule has 0 unspecified atom stereocenters. The number of sulfonamides is 1. The Labute approximate surface area is 124 Å². The predicted octanol–water partition coefficient (Wildman–Crippen LogP) is 1.86. The highest BCUT2D eigenvalue weighted by molar-refractivity contribution is 7.92. The van der Waals surface area contributed by atoms with Crippen molar-refractivity contribution in [1.82, 2.24) is 0 Å². The molecule has 0 aliphatic heterocycles. The van der Waals surface area contributed by atoms with Crippen molar-refractivity contribution < 1.29 is 23.1 Å². The Morgan fingerprint density at radius 3 is 2.71 bits per heavy atom. The molecule has 6 nitrogen and oxygen atoms in total. The minimum absolute atomic E-state index is 0.0257. The molecule has 0 radical (unpaired) electrons. The van der Waals surface area contributed by atoms with Gasteiger partial charge in [0.25, 0.3) is 0 Å². The first-order chi connectivity index (χ1) is 9.85. The fourth-order valence-corrected chi connectivity index (χ4v) is 2.52. The van der Waals surface area contributed by atoms with E-state index in [1.54, 1.807) is 18.2 Å². The second-order valence-corrected chi connectivity index (χ2v) is 7.06. The van der Waals surface area contributed by atoms with Gasteiger partial charge in [0.05, 0.1) is 18.6 Å². The van der Waals surface area contributed by atoms with Crippen molar-refractivity contribution in [2.24, 2.45) is 5.92 Å². The largest absolute Gasteiger partial charge is 0.491 e. The van der Waals surface area contributed by atoms with Gasteiger partial charge in [-0.3, -0.25) is 9.52 Å². The molecule has 0 aromatic heterocycles. The minimum Gasteiger partial charge on any atom is -0.491 e. The monoisotopic (exact) mass is 313 g/mol. The molecule has 0 spiro atoms. The normalized spacial score (nSPS) is 14.7. The molecule has 0 bridgehead atoms. The molecular weight excluding hydrogens is 294 g/mol. The van der Waals surface area contributed by atoms with Gasteiger partial charge >= 0.3 is 5.97 Å². The molecule has 0 saturated heterocycles. The number of aliphatic carboxylic acids is 1. The SMILES string of the molecule is CS(=O)(=O)Nc1cccc(CCC(=O)O)c1OCC1CC1. The van der Waals surface area contributed by atoms with Crippen LogP contribution in [0.25, 0.3) is 0 Å². The molecule has 1 aliphatic carbocycles. The number of benzene rings is 1. The average Bonchev–Trinajstić information content (AvgIpc) is 3.17. The zero-order valence-corrected chi connectivity index (χ0v) is 12.6. The van der Waals surface area contributed by atoms with Crippen LogP contribution < -0.4 is 9.46 Å². The first kappa shape index (κ1) is 15.6. The third-order valence-corrected chi connectivity index (χ3v) is 3.75. The van der Waals surface area contributed by atoms with Crippen LogP contribution in [-0.2, 0) is 21.2 Å². The fraction of sp³-hybridized carbons (Fsp3) is 0.500. The van der Waals surface area contributed by atoms with Gasteiger partial charge in [-0.15, -0.1) is 0 Å². The van der Waals surface area contributed by atoms with Gasteiger partial charge in [0.15, 0.2) is 0 Å². The van der Waals surface area contributed by atoms with Gasteiger partial charge < -0.3 is 9.84 Å². The summed E-state index contributed by atoms with van der Waals surface area (Å²) in [5, 5.41) is 8.80. The molecule has 1 fully saturated rings. The number of carbonyl (C=O) groups is 1. The maximum atomic E-state index is 11.4. The molecule has 2 N–H and O–H groups in total. The molecular formula is C14H19NO5S. The van der Waals surface area contributed by atoms with Crippen molar-refractivity contribution in [3.63, 3.8) is 0 Å². The van der Waals surface area contributed by atoms with Crippen molar-refractivity contribution >= 4 is 21.7 Å². The Hall–Kier alpha value is -1.76. The Morgan fingerprint density at radius 2 is 2.14 bits per heavy atom. The highest BCUT2D eigenvalue weighted by atomic mass is 32.2. The molecule has 1 saturated carbocycles. The predicted molar refractivity (Wildman–Crippen MR) is 79.1 cm³/mol. The summed E-state index contributed by atoms with van der Waals surface area (Å²) >= 11 is 0. The summed E-state index contributed by atoms with van der Waals surface area (Å²) in [6.45, 7) is 0.530. The smallest absolute Gasteiger partial charge is 0.303 e. The Bertz CT molecular complexity index is 622. The Balaban J connectivity index is 2.23. The standard InChI is InChI=1S/C14H19NO5S/c1-21(18,19)15-12-4-2-3-11(7-8-13(16)17)14(12)20-9-10-5-6-10/h2-4,10,15H,5-9H2,1H3,(H,16,17). The molecule has 0 atom stereocenters. The van der Waals surface area contributed by atoms with E-state index in [-0.39, 0.29) is 6.42 Å². The summed E-state index contributed by atoms with van der Waals surface area (Å²) in [5.41, 5.74) is 1.06. The zero-order valence-electron chi connectivity index (χ0n) is 11.8. The fourth-order valence-electron chi connectivity index (χ4n) is 1.96. The van der Waals surface area contributed by atoms with Crippen molar-refractivity contribution in [3.8, 4) is 5.75 Å². The van der Waals surface area contributed by atoms with Crippen molar-refractivity contribution in [2.45, 2.75) is 25.7 Å². The topological polar surface area (TPSA) is 92.7 Å². The summed E-state index contributed by atoms with van der Waals surface area (Å²) < 4.78 is 31.0. The van der Waals surface area contributed by atoms with Crippen LogP contribution in [0.5, 0.6) is 5.75 Å². The van der Waals surface area contributed by atoms with Crippen LogP contribution >= 0.6 is 0 Å². The van der Waals surface area contributed by atoms with Crippen LogP contribution in [0.4, 0.5) is 5.69 Å². The van der Waals surface area contributed by atoms with Crippen molar-refractivity contribution in [2.75, 3.05) is 17.6 Å². The van der Waals surface area contributed by atoms with Crippen LogP contribution in [-0.4, -0.2) is 32.4 Å². The lowest BCUT2D eigenvalue weighted by Gasteiger charge is -2.16. The van der Waals surface area contributed by atoms with E-state index in [1.807, 2.05) is 0 Å². The molecule has 1 aliphatic rings. The van der Waals surface area contributed by atoms with E-state index in [1.165, 1.54) is 0 Å². The third kappa shape index (κ3) is 5.26. The highest BCUT2D eigenvalue weighted by Crippen LogP contribution is 2.34. The van der Waals surface area contributed by atoms with Crippen LogP contribution in [0.1, 0.15) is 24.8 Å². The number of carboxylic acid groups (broad SMARTS) is 1. The van der Waals surface area contributed by atoms with Crippen LogP contribution in [0.3, 0.4) is 0 Å². The summed E-state index contributed by atoms with van der Waals surface area (Å²) in [5.74, 6) is 0.0595. The van der Waals surface area contributed by atoms with E-state index in [0.29, 0.717) is 35.9 Å². The number of rotatable bonds is 8. The van der Waals surface area contributed by atoms with Crippen LogP contribution in [0.15, 0.2) is 18.2 Å². The molecule has 7 heteroatoms. The van der Waals surface area contributed by atoms with E-state index in [0.717, 1.165) is 19.1 Å². The minimum atomic E-state index is -3.42. The van der Waals surface area contributed by atoms with E-state index < -0.39 is 16.0 Å². The summed E-state index contributed by atoms with van der Waals surface area (Å²) in [4.78, 5) is 10.7. The zero-order chi connectivity index (χ0) is 15.5. The Morgan fingerprint density at radius 1 is 1.43 bits per heavy atom. The molecule has 116 valence electrons. The van der Waals surface area contributed by atoms with Gasteiger partial charge in [0.1, 0.15) is 5.75 Å². The molecule has 1 aromatic rings. The second kappa shape index (κ2) is 6.34. The number of hydrogen-bond acceptors (Lipinski definition) is 4. The van der Waals surface area contributed by atoms with E-state index >= 15 is 0 Å². The molecule has 0 amide bonds. The molecule has 1 aromatic carbocycles. The first-order valence-electron chi connectivity index (χ1n) is 6.79. The maximum absolute atomic E-state index is 11.4. The number of nitrogens with one attached hydrogen (secondary N) is 1. The molecule has 21 heavy (non-hydrogen) atoms. The van der Waals surface area contributed by atoms with E-state index in [4.69, 9.17) is 9.84 Å². The number of carboxylic acids is 1. The van der Waals surface area contributed by atoms with Gasteiger partial charge in [-0.05, 0) is 36.8 Å². The maximum Gasteiger partial charge on any atom is 0.303 e. The third-order valence-electron chi connectivity index (χ3n) is 3.16. The number of ether oxygens (including phenoxy) is 1. The van der Waals surface area contributed by atoms with Crippen molar-refractivity contribution in [3.05, 3.63) is 23.8 Å². The number of para-hydroxylation sites is 1. The lowest BCUT2D eigenvalue weighted by atomic mass is 10.1. The average molecular weight is 313 g/mol. The summed E-state index contributed by atoms with van der Waals surface area (Å²) in [7, 11) is -3.42. The van der Waals surface area contributed by atoms with E-state index in [9.17, 15) is 13.2 Å². The summed E-state index contributed by atoms with van der Waals surface area (Å²) in [6.07, 6.45) is 3.58. The van der Waals surface area contributed by atoms with E-state index in [2.05, 4.69) is 4.72 Å². The van der Waals surface area contributed by atoms with Crippen LogP contribution in [0.2, 0.25) is 0 Å².